The van der Waals surface area contributed by atoms with E-state index >= 15 is 0 Å². The van der Waals surface area contributed by atoms with Gasteiger partial charge in [-0.1, -0.05) is 0 Å². The molecule has 0 atom stereocenters. The summed E-state index contributed by atoms with van der Waals surface area (Å²) in [6, 6.07) is 4.21. The number of hydrogen-bond acceptors (Lipinski definition) is 6. The van der Waals surface area contributed by atoms with E-state index in [1.807, 2.05) is 4.90 Å². The quantitative estimate of drug-likeness (QED) is 0.799. The molecule has 0 radical (unpaired) electrons. The number of morpholine rings is 1. The van der Waals surface area contributed by atoms with Crippen molar-refractivity contribution in [1.29, 1.82) is 0 Å². The minimum Gasteiger partial charge on any atom is -0.381 e. The van der Waals surface area contributed by atoms with Crippen LogP contribution in [0.5, 0.6) is 0 Å². The molecule has 4 heterocycles. The summed E-state index contributed by atoms with van der Waals surface area (Å²) >= 11 is 0. The SMILES string of the molecule is FC(F)(F)c1cc(N2CCOC3(CCOCC3)C2)nc(-c2ccncc2)n1. The molecule has 9 heteroatoms. The van der Waals surface area contributed by atoms with E-state index in [0.29, 0.717) is 38.5 Å². The van der Waals surface area contributed by atoms with Gasteiger partial charge in [-0.15, -0.1) is 0 Å². The van der Waals surface area contributed by atoms with Crippen molar-refractivity contribution < 1.29 is 22.6 Å². The molecule has 2 aromatic heterocycles. The topological polar surface area (TPSA) is 60.4 Å². The number of halogens is 3. The average molecular weight is 380 g/mol. The van der Waals surface area contributed by atoms with Crippen LogP contribution in [0.3, 0.4) is 0 Å². The van der Waals surface area contributed by atoms with Crippen LogP contribution in [0.25, 0.3) is 11.4 Å². The molecule has 2 aliphatic heterocycles. The zero-order valence-corrected chi connectivity index (χ0v) is 14.6. The lowest BCUT2D eigenvalue weighted by Gasteiger charge is -2.45. The van der Waals surface area contributed by atoms with Gasteiger partial charge >= 0.3 is 6.18 Å². The molecule has 0 amide bonds. The number of ether oxygens (including phenoxy) is 2. The molecule has 4 rings (SSSR count). The Morgan fingerprint density at radius 3 is 2.48 bits per heavy atom. The van der Waals surface area contributed by atoms with Crippen LogP contribution < -0.4 is 4.90 Å². The second kappa shape index (κ2) is 7.05. The Hall–Kier alpha value is -2.26. The summed E-state index contributed by atoms with van der Waals surface area (Å²) in [5, 5.41) is 0. The van der Waals surface area contributed by atoms with Gasteiger partial charge in [-0.2, -0.15) is 13.2 Å². The maximum absolute atomic E-state index is 13.4. The lowest BCUT2D eigenvalue weighted by Crippen LogP contribution is -2.54. The van der Waals surface area contributed by atoms with Crippen LogP contribution in [0.4, 0.5) is 19.0 Å². The molecule has 144 valence electrons. The van der Waals surface area contributed by atoms with Crippen molar-refractivity contribution in [3.63, 3.8) is 0 Å². The molecule has 2 fully saturated rings. The second-order valence-corrected chi connectivity index (χ2v) is 6.73. The number of pyridine rings is 1. The Morgan fingerprint density at radius 1 is 1.04 bits per heavy atom. The first-order valence-corrected chi connectivity index (χ1v) is 8.79. The number of anilines is 1. The fraction of sp³-hybridized carbons (Fsp3) is 0.500. The molecule has 0 unspecified atom stereocenters. The van der Waals surface area contributed by atoms with Gasteiger partial charge in [-0.25, -0.2) is 9.97 Å². The highest BCUT2D eigenvalue weighted by atomic mass is 19.4. The Morgan fingerprint density at radius 2 is 1.78 bits per heavy atom. The maximum Gasteiger partial charge on any atom is 0.433 e. The van der Waals surface area contributed by atoms with Gasteiger partial charge in [0.1, 0.15) is 5.82 Å². The fourth-order valence-corrected chi connectivity index (χ4v) is 3.46. The first-order valence-electron chi connectivity index (χ1n) is 8.79. The molecular weight excluding hydrogens is 361 g/mol. The molecule has 2 aliphatic rings. The fourth-order valence-electron chi connectivity index (χ4n) is 3.46. The molecule has 0 N–H and O–H groups in total. The van der Waals surface area contributed by atoms with Crippen molar-refractivity contribution >= 4 is 5.82 Å². The molecule has 0 aromatic carbocycles. The highest BCUT2D eigenvalue weighted by Gasteiger charge is 2.40. The third kappa shape index (κ3) is 3.89. The zero-order chi connectivity index (χ0) is 18.9. The summed E-state index contributed by atoms with van der Waals surface area (Å²) in [6.07, 6.45) is -0.104. The maximum atomic E-state index is 13.4. The van der Waals surface area contributed by atoms with Gasteiger partial charge in [0, 0.05) is 63.2 Å². The van der Waals surface area contributed by atoms with Crippen molar-refractivity contribution in [1.82, 2.24) is 15.0 Å². The van der Waals surface area contributed by atoms with Gasteiger partial charge in [0.15, 0.2) is 11.5 Å². The summed E-state index contributed by atoms with van der Waals surface area (Å²) in [6.45, 7) is 2.59. The van der Waals surface area contributed by atoms with Crippen molar-refractivity contribution in [2.45, 2.75) is 24.6 Å². The predicted octanol–water partition coefficient (Wildman–Crippen LogP) is 2.94. The van der Waals surface area contributed by atoms with E-state index in [9.17, 15) is 13.2 Å². The zero-order valence-electron chi connectivity index (χ0n) is 14.6. The number of alkyl halides is 3. The molecule has 1 spiro atoms. The Balaban J connectivity index is 1.71. The summed E-state index contributed by atoms with van der Waals surface area (Å²) < 4.78 is 51.6. The number of hydrogen-bond donors (Lipinski definition) is 0. The van der Waals surface area contributed by atoms with E-state index in [4.69, 9.17) is 9.47 Å². The van der Waals surface area contributed by atoms with Crippen LogP contribution in [-0.4, -0.2) is 53.5 Å². The Labute approximate surface area is 154 Å². The van der Waals surface area contributed by atoms with Crippen LogP contribution >= 0.6 is 0 Å². The van der Waals surface area contributed by atoms with Crippen molar-refractivity contribution in [2.75, 3.05) is 37.8 Å². The summed E-state index contributed by atoms with van der Waals surface area (Å²) in [7, 11) is 0. The monoisotopic (exact) mass is 380 g/mol. The molecule has 0 aliphatic carbocycles. The van der Waals surface area contributed by atoms with Gasteiger partial charge in [0.05, 0.1) is 12.2 Å². The van der Waals surface area contributed by atoms with E-state index in [1.54, 1.807) is 12.1 Å². The smallest absolute Gasteiger partial charge is 0.381 e. The summed E-state index contributed by atoms with van der Waals surface area (Å²) in [5.74, 6) is 0.299. The van der Waals surface area contributed by atoms with Gasteiger partial charge in [-0.3, -0.25) is 4.98 Å². The molecule has 2 aromatic rings. The molecule has 0 saturated carbocycles. The summed E-state index contributed by atoms with van der Waals surface area (Å²) in [5.41, 5.74) is -0.852. The predicted molar refractivity (Wildman–Crippen MR) is 91.2 cm³/mol. The minimum atomic E-state index is -4.55. The molecule has 27 heavy (non-hydrogen) atoms. The van der Waals surface area contributed by atoms with E-state index in [0.717, 1.165) is 18.9 Å². The largest absolute Gasteiger partial charge is 0.433 e. The van der Waals surface area contributed by atoms with Crippen LogP contribution in [0.1, 0.15) is 18.5 Å². The standard InChI is InChI=1S/C18H19F3N4O2/c19-18(20,21)14-11-15(24-16(23-14)13-1-5-22-6-2-13)25-7-10-27-17(12-25)3-8-26-9-4-17/h1-2,5-6,11H,3-4,7-10,12H2. The Bertz CT molecular complexity index is 789. The third-order valence-corrected chi connectivity index (χ3v) is 4.92. The van der Waals surface area contributed by atoms with Crippen molar-refractivity contribution in [3.05, 3.63) is 36.3 Å². The van der Waals surface area contributed by atoms with Gasteiger partial charge in [-0.05, 0) is 12.1 Å². The lowest BCUT2D eigenvalue weighted by atomic mass is 9.92. The molecular formula is C18H19F3N4O2. The average Bonchev–Trinajstić information content (AvgIpc) is 2.68. The minimum absolute atomic E-state index is 0.0368. The lowest BCUT2D eigenvalue weighted by molar-refractivity contribution is -0.141. The number of aromatic nitrogens is 3. The van der Waals surface area contributed by atoms with E-state index in [-0.39, 0.29) is 11.6 Å². The van der Waals surface area contributed by atoms with E-state index in [2.05, 4.69) is 15.0 Å². The second-order valence-electron chi connectivity index (χ2n) is 6.73. The number of nitrogens with zero attached hydrogens (tertiary/aromatic N) is 4. The van der Waals surface area contributed by atoms with Gasteiger partial charge < -0.3 is 14.4 Å². The Kier molecular flexibility index (Phi) is 4.73. The van der Waals surface area contributed by atoms with Gasteiger partial charge in [0.2, 0.25) is 0 Å². The normalized spacial score (nSPS) is 20.0. The highest BCUT2D eigenvalue weighted by Crippen LogP contribution is 2.34. The van der Waals surface area contributed by atoms with Crippen molar-refractivity contribution in [2.24, 2.45) is 0 Å². The molecule has 6 nitrogen and oxygen atoms in total. The van der Waals surface area contributed by atoms with E-state index in [1.165, 1.54) is 12.4 Å². The molecule has 0 bridgehead atoms. The van der Waals surface area contributed by atoms with E-state index < -0.39 is 17.5 Å². The highest BCUT2D eigenvalue weighted by molar-refractivity contribution is 5.57. The van der Waals surface area contributed by atoms with Crippen LogP contribution in [-0.2, 0) is 15.7 Å². The van der Waals surface area contributed by atoms with Crippen molar-refractivity contribution in [3.8, 4) is 11.4 Å². The summed E-state index contributed by atoms with van der Waals surface area (Å²) in [4.78, 5) is 13.9. The van der Waals surface area contributed by atoms with Crippen LogP contribution in [0.15, 0.2) is 30.6 Å². The van der Waals surface area contributed by atoms with Crippen LogP contribution in [0, 0.1) is 0 Å². The third-order valence-electron chi connectivity index (χ3n) is 4.92. The van der Waals surface area contributed by atoms with Gasteiger partial charge in [0.25, 0.3) is 0 Å². The number of rotatable bonds is 2. The molecule has 2 saturated heterocycles. The van der Waals surface area contributed by atoms with Crippen LogP contribution in [0.2, 0.25) is 0 Å². The first-order chi connectivity index (χ1) is 13.0. The first kappa shape index (κ1) is 18.1.